The van der Waals surface area contributed by atoms with Crippen LogP contribution in [-0.4, -0.2) is 83.6 Å². The summed E-state index contributed by atoms with van der Waals surface area (Å²) in [5.41, 5.74) is -0.119. The van der Waals surface area contributed by atoms with Crippen LogP contribution in [0.3, 0.4) is 0 Å². The smallest absolute Gasteiger partial charge is 0.382 e. The second kappa shape index (κ2) is 12.0. The van der Waals surface area contributed by atoms with Crippen LogP contribution in [0.1, 0.15) is 5.82 Å². The van der Waals surface area contributed by atoms with E-state index in [0.29, 0.717) is 47.5 Å². The number of nitrogens with zero attached hydrogens (tertiary/aromatic N) is 7. The lowest BCUT2D eigenvalue weighted by Gasteiger charge is -2.15. The van der Waals surface area contributed by atoms with Gasteiger partial charge >= 0.3 is 17.9 Å². The summed E-state index contributed by atoms with van der Waals surface area (Å²) in [4.78, 5) is 31.3. The maximum absolute atomic E-state index is 13.3. The first-order valence-electron chi connectivity index (χ1n) is 12.7. The fourth-order valence-electron chi connectivity index (χ4n) is 4.29. The molecule has 0 bridgehead atoms. The Morgan fingerprint density at radius 3 is 2.48 bits per heavy atom. The molecule has 12 nitrogen and oxygen atoms in total. The monoisotopic (exact) mass is 625 g/mol. The molecule has 1 fully saturated rings. The molecule has 2 aromatic heterocycles. The molecule has 1 saturated heterocycles. The molecule has 3 N–H and O–H groups in total. The van der Waals surface area contributed by atoms with Crippen molar-refractivity contribution in [3.63, 3.8) is 0 Å². The molecule has 17 heteroatoms. The van der Waals surface area contributed by atoms with Crippen molar-refractivity contribution in [2.24, 2.45) is 0 Å². The fraction of sp³-hybridized carbons (Fsp3) is 0.320. The van der Waals surface area contributed by atoms with Gasteiger partial charge in [0.25, 0.3) is 0 Å². The summed E-state index contributed by atoms with van der Waals surface area (Å²) in [6, 6.07) is 12.7. The van der Waals surface area contributed by atoms with Gasteiger partial charge in [-0.15, -0.1) is 10.2 Å². The lowest BCUT2D eigenvalue weighted by atomic mass is 10.2. The summed E-state index contributed by atoms with van der Waals surface area (Å²) in [6.07, 6.45) is -7.75. The van der Waals surface area contributed by atoms with E-state index >= 15 is 0 Å². The van der Waals surface area contributed by atoms with E-state index in [2.05, 4.69) is 25.8 Å². The summed E-state index contributed by atoms with van der Waals surface area (Å²) >= 11 is 12.3. The maximum Gasteiger partial charge on any atom is 0.416 e. The molecule has 2 amide bonds. The topological polar surface area (TPSA) is 135 Å². The number of hydrogen-bond acceptors (Lipinski definition) is 7. The Labute approximate surface area is 246 Å². The Kier molecular flexibility index (Phi) is 8.43. The van der Waals surface area contributed by atoms with Crippen LogP contribution in [0.15, 0.2) is 53.3 Å². The number of alkyl halides is 3. The summed E-state index contributed by atoms with van der Waals surface area (Å²) < 4.78 is 42.7. The summed E-state index contributed by atoms with van der Waals surface area (Å²) in [7, 11) is 0. The number of halogens is 5. The minimum atomic E-state index is -4.95. The predicted molar refractivity (Wildman–Crippen MR) is 148 cm³/mol. The average molecular weight is 626 g/mol. The zero-order chi connectivity index (χ0) is 30.0. The Morgan fingerprint density at radius 1 is 1.07 bits per heavy atom. The molecule has 0 saturated carbocycles. The number of carbonyl (C=O) groups is 1. The van der Waals surface area contributed by atoms with Crippen molar-refractivity contribution in [3.05, 3.63) is 74.9 Å². The molecule has 1 aliphatic heterocycles. The van der Waals surface area contributed by atoms with Crippen LogP contribution in [0.4, 0.5) is 23.9 Å². The normalized spacial score (nSPS) is 14.3. The number of amides is 2. The number of para-hydroxylation sites is 1. The van der Waals surface area contributed by atoms with E-state index in [4.69, 9.17) is 23.2 Å². The van der Waals surface area contributed by atoms with Crippen LogP contribution in [-0.2, 0) is 13.1 Å². The third kappa shape index (κ3) is 6.37. The van der Waals surface area contributed by atoms with Crippen LogP contribution < -0.4 is 16.3 Å². The lowest BCUT2D eigenvalue weighted by molar-refractivity contribution is -0.207. The first-order valence-corrected chi connectivity index (χ1v) is 13.4. The minimum Gasteiger partial charge on any atom is -0.382 e. The minimum absolute atomic E-state index is 0.0992. The zero-order valence-electron chi connectivity index (χ0n) is 21.7. The molecule has 2 aromatic carbocycles. The number of hydrogen-bond donors (Lipinski definition) is 3. The molecular formula is C25H24Cl2F3N9O3. The SMILES string of the molecule is O=C1NCCN1CCNc1nc(Cn2nc(-c3ccc(Cl)cc3)n(CC(O)C(F)(F)F)c2=O)nn1-c1ccccc1Cl. The van der Waals surface area contributed by atoms with Crippen molar-refractivity contribution in [2.45, 2.75) is 25.4 Å². The Bertz CT molecular complexity index is 1640. The summed E-state index contributed by atoms with van der Waals surface area (Å²) in [5, 5.41) is 25.0. The van der Waals surface area contributed by atoms with Gasteiger partial charge in [-0.05, 0) is 36.4 Å². The Morgan fingerprint density at radius 2 is 1.81 bits per heavy atom. The summed E-state index contributed by atoms with van der Waals surface area (Å²) in [6.45, 7) is 0.437. The van der Waals surface area contributed by atoms with Gasteiger partial charge in [-0.1, -0.05) is 35.3 Å². The number of aliphatic hydroxyl groups excluding tert-OH is 1. The van der Waals surface area contributed by atoms with E-state index in [0.717, 1.165) is 9.25 Å². The van der Waals surface area contributed by atoms with E-state index in [1.54, 1.807) is 29.2 Å². The second-order valence-corrected chi connectivity index (χ2v) is 10.1. The van der Waals surface area contributed by atoms with E-state index in [-0.39, 0.29) is 30.2 Å². The largest absolute Gasteiger partial charge is 0.416 e. The van der Waals surface area contributed by atoms with Gasteiger partial charge in [-0.25, -0.2) is 14.3 Å². The molecular weight excluding hydrogens is 602 g/mol. The molecule has 1 atom stereocenters. The second-order valence-electron chi connectivity index (χ2n) is 9.30. The maximum atomic E-state index is 13.3. The van der Waals surface area contributed by atoms with Crippen molar-refractivity contribution < 1.29 is 23.1 Å². The third-order valence-electron chi connectivity index (χ3n) is 6.39. The first-order chi connectivity index (χ1) is 20.0. The van der Waals surface area contributed by atoms with Gasteiger partial charge in [-0.2, -0.15) is 22.8 Å². The van der Waals surface area contributed by atoms with E-state index in [9.17, 15) is 27.9 Å². The van der Waals surface area contributed by atoms with Crippen LogP contribution in [0, 0.1) is 0 Å². The third-order valence-corrected chi connectivity index (χ3v) is 6.96. The molecule has 1 unspecified atom stereocenters. The number of aliphatic hydroxyl groups is 1. The fourth-order valence-corrected chi connectivity index (χ4v) is 4.63. The molecule has 0 aliphatic carbocycles. The number of rotatable bonds is 10. The van der Waals surface area contributed by atoms with Gasteiger partial charge in [0.05, 0.1) is 17.3 Å². The Balaban J connectivity index is 1.48. The molecule has 5 rings (SSSR count). The molecule has 222 valence electrons. The predicted octanol–water partition coefficient (Wildman–Crippen LogP) is 3.01. The highest BCUT2D eigenvalue weighted by atomic mass is 35.5. The molecule has 3 heterocycles. The molecule has 1 aliphatic rings. The van der Waals surface area contributed by atoms with E-state index < -0.39 is 24.5 Å². The Hall–Kier alpha value is -4.08. The van der Waals surface area contributed by atoms with E-state index in [1.807, 2.05) is 0 Å². The highest BCUT2D eigenvalue weighted by molar-refractivity contribution is 6.32. The molecule has 42 heavy (non-hydrogen) atoms. The highest BCUT2D eigenvalue weighted by Crippen LogP contribution is 2.25. The standard InChI is InChI=1S/C25H24Cl2F3N9O3/c26-16-7-5-15(6-8-16)21-35-38(24(42)37(21)13-19(40)25(28,29)30)14-20-33-22(31-9-11-36-12-10-32-23(36)41)39(34-20)18-4-2-1-3-17(18)27/h1-8,19,40H,9-14H2,(H,32,41)(H,31,33,34). The number of urea groups is 1. The van der Waals surface area contributed by atoms with Gasteiger partial charge in [0, 0.05) is 36.8 Å². The van der Waals surface area contributed by atoms with Gasteiger partial charge in [0.1, 0.15) is 6.54 Å². The molecule has 4 aromatic rings. The highest BCUT2D eigenvalue weighted by Gasteiger charge is 2.39. The number of benzene rings is 2. The zero-order valence-corrected chi connectivity index (χ0v) is 23.2. The van der Waals surface area contributed by atoms with Crippen LogP contribution >= 0.6 is 23.2 Å². The van der Waals surface area contributed by atoms with Crippen molar-refractivity contribution in [3.8, 4) is 17.1 Å². The quantitative estimate of drug-likeness (QED) is 0.246. The summed E-state index contributed by atoms with van der Waals surface area (Å²) in [5.74, 6) is 0.255. The molecule has 0 spiro atoms. The number of nitrogens with one attached hydrogen (secondary N) is 2. The van der Waals surface area contributed by atoms with Gasteiger partial charge in [0.15, 0.2) is 17.8 Å². The van der Waals surface area contributed by atoms with Crippen LogP contribution in [0.25, 0.3) is 17.1 Å². The average Bonchev–Trinajstić information content (AvgIpc) is 3.63. The number of carbonyl (C=O) groups excluding carboxylic acids is 1. The number of aromatic nitrogens is 6. The van der Waals surface area contributed by atoms with Gasteiger partial charge < -0.3 is 20.6 Å². The van der Waals surface area contributed by atoms with Crippen molar-refractivity contribution in [2.75, 3.05) is 31.5 Å². The van der Waals surface area contributed by atoms with Crippen LogP contribution in [0.5, 0.6) is 0 Å². The first kappa shape index (κ1) is 29.4. The van der Waals surface area contributed by atoms with Gasteiger partial charge in [-0.3, -0.25) is 4.57 Å². The van der Waals surface area contributed by atoms with Gasteiger partial charge in [0.2, 0.25) is 5.95 Å². The molecule has 0 radical (unpaired) electrons. The van der Waals surface area contributed by atoms with Crippen molar-refractivity contribution in [1.82, 2.24) is 39.3 Å². The van der Waals surface area contributed by atoms with Crippen molar-refractivity contribution in [1.29, 1.82) is 0 Å². The van der Waals surface area contributed by atoms with Crippen molar-refractivity contribution >= 4 is 35.2 Å². The van der Waals surface area contributed by atoms with Crippen LogP contribution in [0.2, 0.25) is 10.0 Å². The lowest BCUT2D eigenvalue weighted by Crippen LogP contribution is -2.37. The number of anilines is 1. The van der Waals surface area contributed by atoms with E-state index in [1.165, 1.54) is 28.9 Å².